The number of rotatable bonds is 5. The Morgan fingerprint density at radius 2 is 2.11 bits per heavy atom. The van der Waals surface area contributed by atoms with E-state index >= 15 is 0 Å². The first-order chi connectivity index (χ1) is 8.54. The first-order valence-corrected chi connectivity index (χ1v) is 6.36. The molecule has 2 N–H and O–H groups in total. The lowest BCUT2D eigenvalue weighted by Crippen LogP contribution is -2.27. The zero-order valence-electron chi connectivity index (χ0n) is 11.7. The van der Waals surface area contributed by atoms with Crippen LogP contribution in [0.3, 0.4) is 0 Å². The van der Waals surface area contributed by atoms with Crippen molar-refractivity contribution in [2.75, 3.05) is 26.0 Å². The second-order valence-corrected chi connectivity index (χ2v) is 4.63. The Bertz CT molecular complexity index is 390. The van der Waals surface area contributed by atoms with Crippen molar-refractivity contribution in [3.05, 3.63) is 29.8 Å². The summed E-state index contributed by atoms with van der Waals surface area (Å²) in [6, 6.07) is 8.12. The molecular formula is C14H23N3O. The molecule has 1 aromatic carbocycles. The van der Waals surface area contributed by atoms with E-state index in [0.29, 0.717) is 6.04 Å². The van der Waals surface area contributed by atoms with Crippen LogP contribution in [-0.2, 0) is 0 Å². The van der Waals surface area contributed by atoms with Gasteiger partial charge in [-0.15, -0.1) is 0 Å². The Morgan fingerprint density at radius 3 is 2.72 bits per heavy atom. The molecule has 0 aliphatic heterocycles. The minimum absolute atomic E-state index is 0.110. The van der Waals surface area contributed by atoms with Gasteiger partial charge in [0.05, 0.1) is 0 Å². The summed E-state index contributed by atoms with van der Waals surface area (Å²) < 4.78 is 0. The third-order valence-corrected chi connectivity index (χ3v) is 2.74. The Kier molecular flexibility index (Phi) is 5.65. The molecule has 0 spiro atoms. The number of nitrogens with zero attached hydrogens (tertiary/aromatic N) is 1. The molecule has 0 saturated carbocycles. The lowest BCUT2D eigenvalue weighted by atomic mass is 10.1. The molecule has 0 aromatic heterocycles. The highest BCUT2D eigenvalue weighted by Gasteiger charge is 2.07. The quantitative estimate of drug-likeness (QED) is 0.842. The van der Waals surface area contributed by atoms with E-state index in [1.165, 1.54) is 10.5 Å². The maximum Gasteiger partial charge on any atom is 0.321 e. The summed E-state index contributed by atoms with van der Waals surface area (Å²) in [5.74, 6) is 0. The summed E-state index contributed by atoms with van der Waals surface area (Å²) in [5, 5.41) is 6.28. The number of hydrogen-bond donors (Lipinski definition) is 2. The van der Waals surface area contributed by atoms with Crippen LogP contribution >= 0.6 is 0 Å². The Hall–Kier alpha value is -1.55. The van der Waals surface area contributed by atoms with E-state index in [1.54, 1.807) is 14.1 Å². The van der Waals surface area contributed by atoms with Crippen molar-refractivity contribution in [1.82, 2.24) is 10.2 Å². The average molecular weight is 249 g/mol. The molecular weight excluding hydrogens is 226 g/mol. The highest BCUT2D eigenvalue weighted by atomic mass is 16.2. The van der Waals surface area contributed by atoms with Gasteiger partial charge < -0.3 is 15.5 Å². The third kappa shape index (κ3) is 4.37. The van der Waals surface area contributed by atoms with E-state index in [-0.39, 0.29) is 6.03 Å². The fourth-order valence-corrected chi connectivity index (χ4v) is 1.60. The fraction of sp³-hybridized carbons (Fsp3) is 0.500. The van der Waals surface area contributed by atoms with Gasteiger partial charge in [0.2, 0.25) is 0 Å². The molecule has 1 rings (SSSR count). The van der Waals surface area contributed by atoms with Gasteiger partial charge in [-0.1, -0.05) is 19.1 Å². The van der Waals surface area contributed by atoms with Crippen LogP contribution in [0.4, 0.5) is 10.5 Å². The van der Waals surface area contributed by atoms with E-state index in [9.17, 15) is 4.79 Å². The molecule has 0 saturated heterocycles. The van der Waals surface area contributed by atoms with Crippen molar-refractivity contribution in [1.29, 1.82) is 0 Å². The van der Waals surface area contributed by atoms with Crippen LogP contribution in [0.2, 0.25) is 0 Å². The van der Waals surface area contributed by atoms with Crippen LogP contribution in [0.1, 0.15) is 31.9 Å². The van der Waals surface area contributed by atoms with E-state index in [4.69, 9.17) is 0 Å². The third-order valence-electron chi connectivity index (χ3n) is 2.74. The second-order valence-electron chi connectivity index (χ2n) is 4.63. The van der Waals surface area contributed by atoms with Gasteiger partial charge in [-0.25, -0.2) is 4.79 Å². The fourth-order valence-electron chi connectivity index (χ4n) is 1.60. The maximum atomic E-state index is 11.6. The molecule has 1 aromatic rings. The molecule has 0 radical (unpaired) electrons. The van der Waals surface area contributed by atoms with Crippen LogP contribution in [0.15, 0.2) is 24.3 Å². The van der Waals surface area contributed by atoms with Gasteiger partial charge in [-0.05, 0) is 37.6 Å². The average Bonchev–Trinajstić information content (AvgIpc) is 2.36. The normalized spacial score (nSPS) is 12.0. The zero-order chi connectivity index (χ0) is 13.5. The van der Waals surface area contributed by atoms with Gasteiger partial charge in [0, 0.05) is 25.8 Å². The van der Waals surface area contributed by atoms with Gasteiger partial charge in [-0.3, -0.25) is 0 Å². The van der Waals surface area contributed by atoms with E-state index in [1.807, 2.05) is 18.2 Å². The number of hydrogen-bond acceptors (Lipinski definition) is 2. The predicted octanol–water partition coefficient (Wildman–Crippen LogP) is 2.84. The molecule has 0 heterocycles. The Labute approximate surface area is 109 Å². The lowest BCUT2D eigenvalue weighted by Gasteiger charge is -2.16. The molecule has 1 unspecified atom stereocenters. The van der Waals surface area contributed by atoms with Gasteiger partial charge in [-0.2, -0.15) is 0 Å². The molecule has 0 bridgehead atoms. The van der Waals surface area contributed by atoms with Crippen LogP contribution in [0.5, 0.6) is 0 Å². The maximum absolute atomic E-state index is 11.6. The Morgan fingerprint density at radius 1 is 1.39 bits per heavy atom. The SMILES string of the molecule is CCCNC(C)c1cccc(NC(=O)N(C)C)c1. The van der Waals surface area contributed by atoms with Crippen LogP contribution in [-0.4, -0.2) is 31.6 Å². The van der Waals surface area contributed by atoms with Crippen molar-refractivity contribution >= 4 is 11.7 Å². The summed E-state index contributed by atoms with van der Waals surface area (Å²) in [6.07, 6.45) is 1.11. The summed E-state index contributed by atoms with van der Waals surface area (Å²) in [4.78, 5) is 13.1. The number of carbonyl (C=O) groups excluding carboxylic acids is 1. The monoisotopic (exact) mass is 249 g/mol. The van der Waals surface area contributed by atoms with Crippen molar-refractivity contribution in [2.24, 2.45) is 0 Å². The zero-order valence-corrected chi connectivity index (χ0v) is 11.7. The topological polar surface area (TPSA) is 44.4 Å². The largest absolute Gasteiger partial charge is 0.331 e. The van der Waals surface area contributed by atoms with Gasteiger partial charge in [0.1, 0.15) is 0 Å². The molecule has 18 heavy (non-hydrogen) atoms. The molecule has 4 heteroatoms. The predicted molar refractivity (Wildman–Crippen MR) is 75.9 cm³/mol. The highest BCUT2D eigenvalue weighted by molar-refractivity contribution is 5.88. The molecule has 0 fully saturated rings. The number of urea groups is 1. The molecule has 1 atom stereocenters. The second kappa shape index (κ2) is 7.01. The van der Waals surface area contributed by atoms with Gasteiger partial charge >= 0.3 is 6.03 Å². The van der Waals surface area contributed by atoms with Crippen LogP contribution in [0.25, 0.3) is 0 Å². The number of nitrogens with one attached hydrogen (secondary N) is 2. The number of benzene rings is 1. The Balaban J connectivity index is 2.70. The van der Waals surface area contributed by atoms with Crippen molar-refractivity contribution in [3.8, 4) is 0 Å². The highest BCUT2D eigenvalue weighted by Crippen LogP contribution is 2.17. The summed E-state index contributed by atoms with van der Waals surface area (Å²) in [5.41, 5.74) is 2.01. The molecule has 0 aliphatic carbocycles. The van der Waals surface area contributed by atoms with E-state index < -0.39 is 0 Å². The van der Waals surface area contributed by atoms with Gasteiger partial charge in [0.15, 0.2) is 0 Å². The van der Waals surface area contributed by atoms with Crippen molar-refractivity contribution in [3.63, 3.8) is 0 Å². The van der Waals surface area contributed by atoms with E-state index in [0.717, 1.165) is 18.7 Å². The minimum Gasteiger partial charge on any atom is -0.331 e. The van der Waals surface area contributed by atoms with Crippen molar-refractivity contribution in [2.45, 2.75) is 26.3 Å². The summed E-state index contributed by atoms with van der Waals surface area (Å²) in [7, 11) is 3.45. The molecule has 0 aliphatic rings. The summed E-state index contributed by atoms with van der Waals surface area (Å²) >= 11 is 0. The van der Waals surface area contributed by atoms with Gasteiger partial charge in [0.25, 0.3) is 0 Å². The molecule has 100 valence electrons. The number of anilines is 1. The molecule has 2 amide bonds. The first-order valence-electron chi connectivity index (χ1n) is 6.36. The minimum atomic E-state index is -0.110. The lowest BCUT2D eigenvalue weighted by molar-refractivity contribution is 0.230. The van der Waals surface area contributed by atoms with Crippen LogP contribution in [0, 0.1) is 0 Å². The molecule has 4 nitrogen and oxygen atoms in total. The smallest absolute Gasteiger partial charge is 0.321 e. The van der Waals surface area contributed by atoms with E-state index in [2.05, 4.69) is 30.5 Å². The summed E-state index contributed by atoms with van der Waals surface area (Å²) in [6.45, 7) is 5.27. The number of carbonyl (C=O) groups is 1. The number of amides is 2. The standard InChI is InChI=1S/C14H23N3O/c1-5-9-15-11(2)12-7-6-8-13(10-12)16-14(18)17(3)4/h6-8,10-11,15H,5,9H2,1-4H3,(H,16,18). The van der Waals surface area contributed by atoms with Crippen molar-refractivity contribution < 1.29 is 4.79 Å². The first kappa shape index (κ1) is 14.5. The van der Waals surface area contributed by atoms with Crippen LogP contribution < -0.4 is 10.6 Å².